The fourth-order valence-corrected chi connectivity index (χ4v) is 1.17. The number of aromatic nitrogens is 4. The van der Waals surface area contributed by atoms with Crippen molar-refractivity contribution in [1.82, 2.24) is 20.0 Å². The molecule has 2 aromatic heterocycles. The Morgan fingerprint density at radius 2 is 2.20 bits per heavy atom. The minimum absolute atomic E-state index is 0.114. The summed E-state index contributed by atoms with van der Waals surface area (Å²) in [6.07, 6.45) is 3.46. The molecule has 0 unspecified atom stereocenters. The number of nitrogens with zero attached hydrogens (tertiary/aromatic N) is 4. The summed E-state index contributed by atoms with van der Waals surface area (Å²) in [6, 6.07) is 5.55. The quantitative estimate of drug-likeness (QED) is 0.759. The highest BCUT2D eigenvalue weighted by molar-refractivity contribution is 5.25. The van der Waals surface area contributed by atoms with Crippen molar-refractivity contribution in [3.05, 3.63) is 30.6 Å². The predicted octanol–water partition coefficient (Wildman–Crippen LogP) is 1.45. The second-order valence-electron chi connectivity index (χ2n) is 3.35. The minimum atomic E-state index is 0.114. The van der Waals surface area contributed by atoms with E-state index >= 15 is 0 Å². The zero-order valence-corrected chi connectivity index (χ0v) is 8.66. The van der Waals surface area contributed by atoms with Crippen molar-refractivity contribution in [3.63, 3.8) is 0 Å². The van der Waals surface area contributed by atoms with E-state index in [1.165, 1.54) is 0 Å². The van der Waals surface area contributed by atoms with Gasteiger partial charge < -0.3 is 4.74 Å². The van der Waals surface area contributed by atoms with E-state index in [1.807, 2.05) is 32.0 Å². The van der Waals surface area contributed by atoms with Gasteiger partial charge in [-0.3, -0.25) is 0 Å². The maximum absolute atomic E-state index is 5.48. The minimum Gasteiger partial charge on any atom is -0.475 e. The van der Waals surface area contributed by atoms with Crippen molar-refractivity contribution in [3.8, 4) is 11.7 Å². The molecule has 0 bridgehead atoms. The van der Waals surface area contributed by atoms with Crippen molar-refractivity contribution in [2.24, 2.45) is 0 Å². The van der Waals surface area contributed by atoms with Crippen LogP contribution in [0.15, 0.2) is 30.6 Å². The highest BCUT2D eigenvalue weighted by Crippen LogP contribution is 2.11. The van der Waals surface area contributed by atoms with E-state index in [-0.39, 0.29) is 6.10 Å². The van der Waals surface area contributed by atoms with Crippen LogP contribution in [0.3, 0.4) is 0 Å². The SMILES string of the molecule is CC(C)Oc1cccc(-n2ccnn2)n1. The fraction of sp³-hybridized carbons (Fsp3) is 0.300. The Balaban J connectivity index is 2.27. The Kier molecular flexibility index (Phi) is 2.62. The van der Waals surface area contributed by atoms with Crippen LogP contribution in [0.4, 0.5) is 0 Å². The zero-order valence-electron chi connectivity index (χ0n) is 8.66. The lowest BCUT2D eigenvalue weighted by atomic mass is 10.4. The fourth-order valence-electron chi connectivity index (χ4n) is 1.17. The van der Waals surface area contributed by atoms with E-state index in [9.17, 15) is 0 Å². The van der Waals surface area contributed by atoms with E-state index in [1.54, 1.807) is 17.1 Å². The van der Waals surface area contributed by atoms with Crippen LogP contribution in [0.25, 0.3) is 5.82 Å². The van der Waals surface area contributed by atoms with Crippen LogP contribution < -0.4 is 4.74 Å². The molecular formula is C10H12N4O. The average molecular weight is 204 g/mol. The van der Waals surface area contributed by atoms with Crippen LogP contribution in [-0.2, 0) is 0 Å². The highest BCUT2D eigenvalue weighted by atomic mass is 16.5. The molecule has 78 valence electrons. The summed E-state index contributed by atoms with van der Waals surface area (Å²) in [7, 11) is 0. The second kappa shape index (κ2) is 4.08. The lowest BCUT2D eigenvalue weighted by Crippen LogP contribution is -2.08. The average Bonchev–Trinajstić information content (AvgIpc) is 2.69. The first-order chi connectivity index (χ1) is 7.25. The third kappa shape index (κ3) is 2.31. The molecule has 0 aromatic carbocycles. The zero-order chi connectivity index (χ0) is 10.7. The summed E-state index contributed by atoms with van der Waals surface area (Å²) < 4.78 is 7.07. The molecular weight excluding hydrogens is 192 g/mol. The molecule has 0 atom stereocenters. The smallest absolute Gasteiger partial charge is 0.215 e. The number of pyridine rings is 1. The molecule has 0 fully saturated rings. The first-order valence-corrected chi connectivity index (χ1v) is 4.76. The molecule has 2 aromatic rings. The van der Waals surface area contributed by atoms with Crippen LogP contribution in [0.5, 0.6) is 5.88 Å². The van der Waals surface area contributed by atoms with E-state index < -0.39 is 0 Å². The van der Waals surface area contributed by atoms with Crippen LogP contribution in [0.2, 0.25) is 0 Å². The van der Waals surface area contributed by atoms with Crippen molar-refractivity contribution in [1.29, 1.82) is 0 Å². The van der Waals surface area contributed by atoms with Gasteiger partial charge in [-0.2, -0.15) is 4.98 Å². The van der Waals surface area contributed by atoms with Crippen LogP contribution in [0.1, 0.15) is 13.8 Å². The molecule has 0 amide bonds. The van der Waals surface area contributed by atoms with Crippen molar-refractivity contribution in [2.45, 2.75) is 20.0 Å². The van der Waals surface area contributed by atoms with Crippen molar-refractivity contribution >= 4 is 0 Å². The monoisotopic (exact) mass is 204 g/mol. The molecule has 0 saturated heterocycles. The third-order valence-electron chi connectivity index (χ3n) is 1.72. The third-order valence-corrected chi connectivity index (χ3v) is 1.72. The number of ether oxygens (including phenoxy) is 1. The van der Waals surface area contributed by atoms with E-state index in [2.05, 4.69) is 15.3 Å². The lowest BCUT2D eigenvalue weighted by Gasteiger charge is -2.09. The molecule has 0 radical (unpaired) electrons. The van der Waals surface area contributed by atoms with Gasteiger partial charge in [-0.15, -0.1) is 5.10 Å². The molecule has 0 aliphatic heterocycles. The van der Waals surface area contributed by atoms with Gasteiger partial charge in [0.25, 0.3) is 0 Å². The number of rotatable bonds is 3. The molecule has 0 spiro atoms. The van der Waals surface area contributed by atoms with Gasteiger partial charge in [0.15, 0.2) is 5.82 Å². The maximum Gasteiger partial charge on any atom is 0.215 e. The van der Waals surface area contributed by atoms with E-state index in [0.29, 0.717) is 11.7 Å². The van der Waals surface area contributed by atoms with Gasteiger partial charge in [-0.25, -0.2) is 4.68 Å². The van der Waals surface area contributed by atoms with Gasteiger partial charge in [0.2, 0.25) is 5.88 Å². The van der Waals surface area contributed by atoms with Crippen molar-refractivity contribution < 1.29 is 4.74 Å². The van der Waals surface area contributed by atoms with Gasteiger partial charge in [-0.1, -0.05) is 11.3 Å². The first kappa shape index (κ1) is 9.64. The summed E-state index contributed by atoms with van der Waals surface area (Å²) in [4.78, 5) is 4.29. The van der Waals surface area contributed by atoms with Gasteiger partial charge >= 0.3 is 0 Å². The predicted molar refractivity (Wildman–Crippen MR) is 54.9 cm³/mol. The second-order valence-corrected chi connectivity index (χ2v) is 3.35. The summed E-state index contributed by atoms with van der Waals surface area (Å²) in [5, 5.41) is 7.58. The van der Waals surface area contributed by atoms with E-state index in [0.717, 1.165) is 0 Å². The Morgan fingerprint density at radius 1 is 1.33 bits per heavy atom. The molecule has 0 aliphatic carbocycles. The van der Waals surface area contributed by atoms with Gasteiger partial charge in [0, 0.05) is 6.07 Å². The summed E-state index contributed by atoms with van der Waals surface area (Å²) in [5.41, 5.74) is 0. The largest absolute Gasteiger partial charge is 0.475 e. The van der Waals surface area contributed by atoms with E-state index in [4.69, 9.17) is 4.74 Å². The Hall–Kier alpha value is -1.91. The van der Waals surface area contributed by atoms with Gasteiger partial charge in [-0.05, 0) is 19.9 Å². The number of hydrogen-bond donors (Lipinski definition) is 0. The molecule has 0 saturated carbocycles. The lowest BCUT2D eigenvalue weighted by molar-refractivity contribution is 0.232. The summed E-state index contributed by atoms with van der Waals surface area (Å²) in [5.74, 6) is 1.30. The Bertz CT molecular complexity index is 425. The molecule has 0 aliphatic rings. The van der Waals surface area contributed by atoms with Gasteiger partial charge in [0.1, 0.15) is 0 Å². The normalized spacial score (nSPS) is 10.6. The molecule has 15 heavy (non-hydrogen) atoms. The van der Waals surface area contributed by atoms with Crippen LogP contribution >= 0.6 is 0 Å². The van der Waals surface area contributed by atoms with Crippen LogP contribution in [-0.4, -0.2) is 26.1 Å². The summed E-state index contributed by atoms with van der Waals surface area (Å²) >= 11 is 0. The molecule has 5 nitrogen and oxygen atoms in total. The molecule has 0 N–H and O–H groups in total. The van der Waals surface area contributed by atoms with Crippen molar-refractivity contribution in [2.75, 3.05) is 0 Å². The summed E-state index contributed by atoms with van der Waals surface area (Å²) in [6.45, 7) is 3.92. The molecule has 5 heteroatoms. The Labute approximate surface area is 87.7 Å². The maximum atomic E-state index is 5.48. The standard InChI is InChI=1S/C10H12N4O/c1-8(2)15-10-5-3-4-9(12-10)14-7-6-11-13-14/h3-8H,1-2H3. The molecule has 2 heterocycles. The first-order valence-electron chi connectivity index (χ1n) is 4.76. The highest BCUT2D eigenvalue weighted by Gasteiger charge is 2.02. The Morgan fingerprint density at radius 3 is 2.87 bits per heavy atom. The van der Waals surface area contributed by atoms with Gasteiger partial charge in [0.05, 0.1) is 18.5 Å². The number of hydrogen-bond acceptors (Lipinski definition) is 4. The molecule has 2 rings (SSSR count). The van der Waals surface area contributed by atoms with Crippen LogP contribution in [0, 0.1) is 0 Å². The topological polar surface area (TPSA) is 52.8 Å².